The van der Waals surface area contributed by atoms with Gasteiger partial charge in [-0.15, -0.1) is 10.2 Å². The van der Waals surface area contributed by atoms with Gasteiger partial charge in [0, 0.05) is 18.3 Å². The lowest BCUT2D eigenvalue weighted by Crippen LogP contribution is -2.41. The Morgan fingerprint density at radius 1 is 1.17 bits per heavy atom. The van der Waals surface area contributed by atoms with Gasteiger partial charge in [-0.3, -0.25) is 9.59 Å². The van der Waals surface area contributed by atoms with Crippen molar-refractivity contribution >= 4 is 29.3 Å². The Bertz CT molecular complexity index is 871. The molecule has 0 radical (unpaired) electrons. The first-order chi connectivity index (χ1) is 14.5. The van der Waals surface area contributed by atoms with E-state index in [0.717, 1.165) is 19.3 Å². The molecule has 1 fully saturated rings. The average Bonchev–Trinajstić information content (AvgIpc) is 3.11. The zero-order chi connectivity index (χ0) is 21.5. The Hall–Kier alpha value is -2.42. The summed E-state index contributed by atoms with van der Waals surface area (Å²) in [5, 5.41) is 14.8. The van der Waals surface area contributed by atoms with Crippen LogP contribution in [0.25, 0.3) is 0 Å². The lowest BCUT2D eigenvalue weighted by Gasteiger charge is -2.29. The van der Waals surface area contributed by atoms with Crippen LogP contribution in [0.5, 0.6) is 0 Å². The lowest BCUT2D eigenvalue weighted by atomic mass is 9.86. The van der Waals surface area contributed by atoms with Gasteiger partial charge in [-0.05, 0) is 49.9 Å². The molecule has 0 saturated heterocycles. The normalized spacial score (nSPS) is 18.8. The maximum Gasteiger partial charge on any atom is 0.232 e. The quantitative estimate of drug-likeness (QED) is 0.623. The second kappa shape index (κ2) is 10.6. The fourth-order valence-corrected chi connectivity index (χ4v) is 4.50. The van der Waals surface area contributed by atoms with Gasteiger partial charge in [0.1, 0.15) is 11.6 Å². The van der Waals surface area contributed by atoms with E-state index in [1.54, 1.807) is 0 Å². The Labute approximate surface area is 180 Å². The van der Waals surface area contributed by atoms with E-state index in [2.05, 4.69) is 27.8 Å². The van der Waals surface area contributed by atoms with Gasteiger partial charge in [-0.2, -0.15) is 0 Å². The van der Waals surface area contributed by atoms with Gasteiger partial charge in [0.05, 0.1) is 12.2 Å². The van der Waals surface area contributed by atoms with Crippen LogP contribution in [0.1, 0.15) is 45.4 Å². The molecule has 1 saturated carbocycles. The third kappa shape index (κ3) is 6.04. The molecule has 1 aromatic carbocycles. The van der Waals surface area contributed by atoms with E-state index >= 15 is 0 Å². The highest BCUT2D eigenvalue weighted by Crippen LogP contribution is 2.24. The first kappa shape index (κ1) is 22.3. The van der Waals surface area contributed by atoms with Crippen LogP contribution in [0, 0.1) is 11.7 Å². The van der Waals surface area contributed by atoms with E-state index in [1.807, 2.05) is 11.5 Å². The summed E-state index contributed by atoms with van der Waals surface area (Å²) in [5.74, 6) is 0.689. The van der Waals surface area contributed by atoms with E-state index in [0.29, 0.717) is 29.1 Å². The van der Waals surface area contributed by atoms with Gasteiger partial charge in [0.25, 0.3) is 0 Å². The predicted octanol–water partition coefficient (Wildman–Crippen LogP) is 3.41. The highest BCUT2D eigenvalue weighted by Gasteiger charge is 2.23. The minimum absolute atomic E-state index is 0.00000550. The summed E-state index contributed by atoms with van der Waals surface area (Å²) < 4.78 is 14.8. The molecule has 0 bridgehead atoms. The maximum absolute atomic E-state index is 13.0. The van der Waals surface area contributed by atoms with Crippen LogP contribution < -0.4 is 10.6 Å². The molecule has 9 heteroatoms. The number of carbonyl (C=O) groups excluding carboxylic acids is 2. The summed E-state index contributed by atoms with van der Waals surface area (Å²) in [6, 6.07) is 5.84. The fraction of sp³-hybridized carbons (Fsp3) is 0.524. The van der Waals surface area contributed by atoms with Crippen molar-refractivity contribution in [3.05, 3.63) is 35.9 Å². The number of amides is 2. The van der Waals surface area contributed by atoms with E-state index in [4.69, 9.17) is 0 Å². The lowest BCUT2D eigenvalue weighted by molar-refractivity contribution is -0.120. The Morgan fingerprint density at radius 3 is 2.60 bits per heavy atom. The van der Waals surface area contributed by atoms with Crippen LogP contribution in [-0.2, 0) is 22.6 Å². The Balaban J connectivity index is 1.53. The SMILES string of the molecule is CCn1c(CC(=O)Nc2ccc(F)cc2)nnc1SCC(=O)N[C@@H]1CCCC[C@H]1C. The Morgan fingerprint density at radius 2 is 1.90 bits per heavy atom. The number of aromatic nitrogens is 3. The van der Waals surface area contributed by atoms with E-state index < -0.39 is 0 Å². The molecule has 162 valence electrons. The van der Waals surface area contributed by atoms with Gasteiger partial charge in [0.2, 0.25) is 11.8 Å². The number of hydrogen-bond donors (Lipinski definition) is 2. The van der Waals surface area contributed by atoms with Crippen LogP contribution in [0.15, 0.2) is 29.4 Å². The monoisotopic (exact) mass is 433 g/mol. The second-order valence-corrected chi connectivity index (χ2v) is 8.54. The van der Waals surface area contributed by atoms with E-state index in [1.165, 1.54) is 42.4 Å². The average molecular weight is 434 g/mol. The summed E-state index contributed by atoms with van der Waals surface area (Å²) >= 11 is 1.33. The second-order valence-electron chi connectivity index (χ2n) is 7.60. The molecule has 1 aliphatic carbocycles. The van der Waals surface area contributed by atoms with E-state index in [-0.39, 0.29) is 35.8 Å². The number of thioether (sulfide) groups is 1. The molecular formula is C21H28FN5O2S. The number of carbonyl (C=O) groups is 2. The van der Waals surface area contributed by atoms with Gasteiger partial charge < -0.3 is 15.2 Å². The molecule has 2 amide bonds. The van der Waals surface area contributed by atoms with Crippen molar-refractivity contribution in [3.8, 4) is 0 Å². The zero-order valence-corrected chi connectivity index (χ0v) is 18.2. The van der Waals surface area contributed by atoms with Crippen LogP contribution in [0.4, 0.5) is 10.1 Å². The molecule has 2 atom stereocenters. The number of rotatable bonds is 8. The third-order valence-corrected chi connectivity index (χ3v) is 6.31. The van der Waals surface area contributed by atoms with Crippen molar-refractivity contribution in [2.75, 3.05) is 11.1 Å². The highest BCUT2D eigenvalue weighted by atomic mass is 32.2. The molecule has 2 N–H and O–H groups in total. The summed E-state index contributed by atoms with van der Waals surface area (Å²) in [5.41, 5.74) is 0.521. The summed E-state index contributed by atoms with van der Waals surface area (Å²) in [6.45, 7) is 4.72. The van der Waals surface area contributed by atoms with Crippen molar-refractivity contribution < 1.29 is 14.0 Å². The van der Waals surface area contributed by atoms with Crippen LogP contribution >= 0.6 is 11.8 Å². The predicted molar refractivity (Wildman–Crippen MR) is 115 cm³/mol. The van der Waals surface area contributed by atoms with Crippen molar-refractivity contribution in [2.45, 2.75) is 63.7 Å². The third-order valence-electron chi connectivity index (χ3n) is 5.35. The van der Waals surface area contributed by atoms with E-state index in [9.17, 15) is 14.0 Å². The number of hydrogen-bond acceptors (Lipinski definition) is 5. The highest BCUT2D eigenvalue weighted by molar-refractivity contribution is 7.99. The molecule has 1 aliphatic rings. The van der Waals surface area contributed by atoms with Gasteiger partial charge in [-0.1, -0.05) is 31.5 Å². The maximum atomic E-state index is 13.0. The van der Waals surface area contributed by atoms with Crippen molar-refractivity contribution in [1.82, 2.24) is 20.1 Å². The zero-order valence-electron chi connectivity index (χ0n) is 17.4. The van der Waals surface area contributed by atoms with Crippen LogP contribution in [0.2, 0.25) is 0 Å². The number of anilines is 1. The number of nitrogens with one attached hydrogen (secondary N) is 2. The van der Waals surface area contributed by atoms with Crippen LogP contribution in [0.3, 0.4) is 0 Å². The largest absolute Gasteiger partial charge is 0.352 e. The van der Waals surface area contributed by atoms with Crippen molar-refractivity contribution in [3.63, 3.8) is 0 Å². The minimum atomic E-state index is -0.359. The smallest absolute Gasteiger partial charge is 0.232 e. The first-order valence-electron chi connectivity index (χ1n) is 10.4. The number of benzene rings is 1. The summed E-state index contributed by atoms with van der Waals surface area (Å²) in [7, 11) is 0. The topological polar surface area (TPSA) is 88.9 Å². The van der Waals surface area contributed by atoms with Crippen molar-refractivity contribution in [1.29, 1.82) is 0 Å². The number of nitrogens with zero attached hydrogens (tertiary/aromatic N) is 3. The van der Waals surface area contributed by atoms with Gasteiger partial charge >= 0.3 is 0 Å². The molecule has 2 aromatic rings. The molecule has 30 heavy (non-hydrogen) atoms. The Kier molecular flexibility index (Phi) is 7.84. The van der Waals surface area contributed by atoms with Crippen LogP contribution in [-0.4, -0.2) is 38.4 Å². The van der Waals surface area contributed by atoms with Crippen molar-refractivity contribution in [2.24, 2.45) is 5.92 Å². The number of halogens is 1. The standard InChI is InChI=1S/C21H28FN5O2S/c1-3-27-18(12-19(28)23-16-10-8-15(22)9-11-16)25-26-21(27)30-13-20(29)24-17-7-5-4-6-14(17)2/h8-11,14,17H,3-7,12-13H2,1-2H3,(H,23,28)(H,24,29)/t14-,17-/m1/s1. The van der Waals surface area contributed by atoms with Gasteiger partial charge in [-0.25, -0.2) is 4.39 Å². The minimum Gasteiger partial charge on any atom is -0.352 e. The fourth-order valence-electron chi connectivity index (χ4n) is 3.67. The molecule has 1 heterocycles. The summed E-state index contributed by atoms with van der Waals surface area (Å²) in [6.07, 6.45) is 4.64. The molecular weight excluding hydrogens is 405 g/mol. The first-order valence-corrected chi connectivity index (χ1v) is 11.3. The molecule has 7 nitrogen and oxygen atoms in total. The molecule has 1 aromatic heterocycles. The molecule has 0 aliphatic heterocycles. The molecule has 0 unspecified atom stereocenters. The van der Waals surface area contributed by atoms with Gasteiger partial charge in [0.15, 0.2) is 5.16 Å². The summed E-state index contributed by atoms with van der Waals surface area (Å²) in [4.78, 5) is 24.7. The molecule has 0 spiro atoms. The molecule has 3 rings (SSSR count).